The topological polar surface area (TPSA) is 72.2 Å². The highest BCUT2D eigenvalue weighted by molar-refractivity contribution is 5.88. The zero-order chi connectivity index (χ0) is 10.4. The Labute approximate surface area is 78.2 Å². The molecule has 0 bridgehead atoms. The maximum atomic E-state index is 10.9. The number of amides is 2. The number of rotatable bonds is 5. The Bertz CT molecular complexity index is 224. The van der Waals surface area contributed by atoms with Crippen LogP contribution in [0.5, 0.6) is 0 Å². The number of hydrogen-bond donors (Lipinski definition) is 2. The molecule has 4 nitrogen and oxygen atoms in total. The molecule has 0 unspecified atom stereocenters. The van der Waals surface area contributed by atoms with Crippen molar-refractivity contribution in [1.29, 1.82) is 0 Å². The van der Waals surface area contributed by atoms with Crippen LogP contribution in [0.4, 0.5) is 0 Å². The van der Waals surface area contributed by atoms with E-state index in [0.717, 1.165) is 6.42 Å². The normalized spacial score (nSPS) is 11.8. The minimum Gasteiger partial charge on any atom is -0.368 e. The zero-order valence-electron chi connectivity index (χ0n) is 8.09. The van der Waals surface area contributed by atoms with Crippen molar-refractivity contribution in [3.8, 4) is 0 Å². The van der Waals surface area contributed by atoms with E-state index in [-0.39, 0.29) is 5.91 Å². The van der Waals surface area contributed by atoms with Crippen molar-refractivity contribution in [3.63, 3.8) is 0 Å². The van der Waals surface area contributed by atoms with Crippen LogP contribution >= 0.6 is 0 Å². The van der Waals surface area contributed by atoms with Gasteiger partial charge in [0.2, 0.25) is 11.8 Å². The molecule has 0 saturated heterocycles. The molecule has 0 aliphatic carbocycles. The van der Waals surface area contributed by atoms with Crippen molar-refractivity contribution < 1.29 is 9.59 Å². The molecule has 13 heavy (non-hydrogen) atoms. The predicted molar refractivity (Wildman–Crippen MR) is 50.8 cm³/mol. The summed E-state index contributed by atoms with van der Waals surface area (Å²) in [4.78, 5) is 21.6. The van der Waals surface area contributed by atoms with Crippen LogP contribution in [-0.4, -0.2) is 17.9 Å². The third kappa shape index (κ3) is 4.30. The SMILES string of the molecule is C=C(CCC)[C@@H](NC(C)=O)C(N)=O. The van der Waals surface area contributed by atoms with Crippen LogP contribution in [0, 0.1) is 0 Å². The van der Waals surface area contributed by atoms with Crippen LogP contribution in [-0.2, 0) is 9.59 Å². The molecule has 0 aromatic heterocycles. The van der Waals surface area contributed by atoms with Crippen molar-refractivity contribution in [1.82, 2.24) is 5.32 Å². The van der Waals surface area contributed by atoms with E-state index in [0.29, 0.717) is 12.0 Å². The summed E-state index contributed by atoms with van der Waals surface area (Å²) in [7, 11) is 0. The maximum absolute atomic E-state index is 10.9. The zero-order valence-corrected chi connectivity index (χ0v) is 8.09. The molecule has 3 N–H and O–H groups in total. The second-order valence-corrected chi connectivity index (χ2v) is 2.94. The summed E-state index contributed by atoms with van der Waals surface area (Å²) in [5.74, 6) is -0.838. The lowest BCUT2D eigenvalue weighted by Gasteiger charge is -2.16. The van der Waals surface area contributed by atoms with Gasteiger partial charge in [-0.25, -0.2) is 0 Å². The summed E-state index contributed by atoms with van der Waals surface area (Å²) >= 11 is 0. The minimum atomic E-state index is -0.725. The summed E-state index contributed by atoms with van der Waals surface area (Å²) in [5.41, 5.74) is 5.76. The van der Waals surface area contributed by atoms with Crippen LogP contribution in [0.3, 0.4) is 0 Å². The second kappa shape index (κ2) is 5.35. The predicted octanol–water partition coefficient (Wildman–Crippen LogP) is 0.333. The molecule has 0 aromatic carbocycles. The standard InChI is InChI=1S/C9H16N2O2/c1-4-5-6(2)8(9(10)13)11-7(3)12/h8H,2,4-5H2,1,3H3,(H2,10,13)(H,11,12)/t8-/m1/s1. The van der Waals surface area contributed by atoms with Gasteiger partial charge in [-0.1, -0.05) is 19.9 Å². The molecule has 0 saturated carbocycles. The molecule has 2 amide bonds. The Morgan fingerprint density at radius 1 is 1.54 bits per heavy atom. The van der Waals surface area contributed by atoms with E-state index in [1.54, 1.807) is 0 Å². The van der Waals surface area contributed by atoms with E-state index in [1.165, 1.54) is 6.92 Å². The lowest BCUT2D eigenvalue weighted by Crippen LogP contribution is -2.44. The maximum Gasteiger partial charge on any atom is 0.244 e. The number of nitrogens with one attached hydrogen (secondary N) is 1. The fraction of sp³-hybridized carbons (Fsp3) is 0.556. The van der Waals surface area contributed by atoms with Crippen LogP contribution in [0.15, 0.2) is 12.2 Å². The first kappa shape index (κ1) is 11.7. The van der Waals surface area contributed by atoms with Gasteiger partial charge in [0, 0.05) is 6.92 Å². The fourth-order valence-corrected chi connectivity index (χ4v) is 1.04. The molecule has 4 heteroatoms. The Kier molecular flexibility index (Phi) is 4.80. The van der Waals surface area contributed by atoms with Gasteiger partial charge in [-0.05, 0) is 12.0 Å². The minimum absolute atomic E-state index is 0.277. The third-order valence-electron chi connectivity index (χ3n) is 1.61. The van der Waals surface area contributed by atoms with Crippen molar-refractivity contribution in [3.05, 3.63) is 12.2 Å². The number of hydrogen-bond acceptors (Lipinski definition) is 2. The molecule has 1 atom stereocenters. The highest BCUT2D eigenvalue weighted by Crippen LogP contribution is 2.07. The van der Waals surface area contributed by atoms with Gasteiger partial charge in [0.25, 0.3) is 0 Å². The van der Waals surface area contributed by atoms with Crippen LogP contribution in [0.1, 0.15) is 26.7 Å². The molecule has 0 heterocycles. The van der Waals surface area contributed by atoms with Crippen molar-refractivity contribution in [2.75, 3.05) is 0 Å². The molecule has 74 valence electrons. The molecular weight excluding hydrogens is 168 g/mol. The molecule has 0 aliphatic rings. The summed E-state index contributed by atoms with van der Waals surface area (Å²) in [5, 5.41) is 2.45. The number of carbonyl (C=O) groups is 2. The van der Waals surface area contributed by atoms with E-state index in [9.17, 15) is 9.59 Å². The summed E-state index contributed by atoms with van der Waals surface area (Å²) in [6.45, 7) is 7.02. The Morgan fingerprint density at radius 2 is 2.08 bits per heavy atom. The monoisotopic (exact) mass is 184 g/mol. The van der Waals surface area contributed by atoms with Gasteiger partial charge >= 0.3 is 0 Å². The molecule has 0 aliphatic heterocycles. The highest BCUT2D eigenvalue weighted by atomic mass is 16.2. The van der Waals surface area contributed by atoms with Gasteiger partial charge in [0.05, 0.1) is 0 Å². The van der Waals surface area contributed by atoms with Gasteiger partial charge in [-0.2, -0.15) is 0 Å². The van der Waals surface area contributed by atoms with Crippen LogP contribution < -0.4 is 11.1 Å². The summed E-state index contributed by atoms with van der Waals surface area (Å²) < 4.78 is 0. The first-order chi connectivity index (χ1) is 5.99. The van der Waals surface area contributed by atoms with Gasteiger partial charge < -0.3 is 11.1 Å². The summed E-state index contributed by atoms with van der Waals surface area (Å²) in [6, 6.07) is -0.725. The fourth-order valence-electron chi connectivity index (χ4n) is 1.04. The largest absolute Gasteiger partial charge is 0.368 e. The van der Waals surface area contributed by atoms with E-state index < -0.39 is 11.9 Å². The molecule has 0 spiro atoms. The first-order valence-corrected chi connectivity index (χ1v) is 4.23. The molecule has 0 aromatic rings. The van der Waals surface area contributed by atoms with Crippen molar-refractivity contribution >= 4 is 11.8 Å². The highest BCUT2D eigenvalue weighted by Gasteiger charge is 2.18. The molecule has 0 radical (unpaired) electrons. The lowest BCUT2D eigenvalue weighted by atomic mass is 10.0. The van der Waals surface area contributed by atoms with Crippen LogP contribution in [0.2, 0.25) is 0 Å². The smallest absolute Gasteiger partial charge is 0.244 e. The second-order valence-electron chi connectivity index (χ2n) is 2.94. The molecule has 0 rings (SSSR count). The van der Waals surface area contributed by atoms with Crippen molar-refractivity contribution in [2.24, 2.45) is 5.73 Å². The summed E-state index contributed by atoms with van der Waals surface area (Å²) in [6.07, 6.45) is 1.57. The van der Waals surface area contributed by atoms with Crippen molar-refractivity contribution in [2.45, 2.75) is 32.7 Å². The van der Waals surface area contributed by atoms with E-state index >= 15 is 0 Å². The Balaban J connectivity index is 4.32. The quantitative estimate of drug-likeness (QED) is 0.604. The molecular formula is C9H16N2O2. The van der Waals surface area contributed by atoms with Gasteiger partial charge in [-0.15, -0.1) is 0 Å². The molecule has 0 fully saturated rings. The average Bonchev–Trinajstić information content (AvgIpc) is 1.99. The van der Waals surface area contributed by atoms with Gasteiger partial charge in [0.1, 0.15) is 6.04 Å². The van der Waals surface area contributed by atoms with E-state index in [4.69, 9.17) is 5.73 Å². The Hall–Kier alpha value is -1.32. The number of primary amides is 1. The lowest BCUT2D eigenvalue weighted by molar-refractivity contribution is -0.125. The first-order valence-electron chi connectivity index (χ1n) is 4.23. The van der Waals surface area contributed by atoms with Crippen LogP contribution in [0.25, 0.3) is 0 Å². The Morgan fingerprint density at radius 3 is 2.38 bits per heavy atom. The van der Waals surface area contributed by atoms with Gasteiger partial charge in [0.15, 0.2) is 0 Å². The van der Waals surface area contributed by atoms with E-state index in [1.807, 2.05) is 6.92 Å². The van der Waals surface area contributed by atoms with Gasteiger partial charge in [-0.3, -0.25) is 9.59 Å². The number of nitrogens with two attached hydrogens (primary N) is 1. The third-order valence-corrected chi connectivity index (χ3v) is 1.61. The number of carbonyl (C=O) groups excluding carboxylic acids is 2. The van der Waals surface area contributed by atoms with E-state index in [2.05, 4.69) is 11.9 Å². The average molecular weight is 184 g/mol.